The summed E-state index contributed by atoms with van der Waals surface area (Å²) in [5.74, 6) is 0. The second-order valence-corrected chi connectivity index (χ2v) is 0. The third kappa shape index (κ3) is 22.6. The monoisotopic (exact) mass is 795 g/mol. The van der Waals surface area contributed by atoms with Crippen molar-refractivity contribution >= 4 is 154 Å². The molecule has 0 heterocycles. The summed E-state index contributed by atoms with van der Waals surface area (Å²) in [7, 11) is 0. The minimum atomic E-state index is 0. The molecule has 0 aromatic rings. The molecule has 31 valence electrons. The van der Waals surface area contributed by atoms with E-state index in [0.717, 1.165) is 0 Å². The molecule has 0 saturated heterocycles. The molecule has 0 amide bonds. The Morgan fingerprint density at radius 2 is 0.500 bits per heavy atom. The van der Waals surface area contributed by atoms with Crippen LogP contribution in [0.5, 0.6) is 0 Å². The second kappa shape index (κ2) is 31.1. The summed E-state index contributed by atoms with van der Waals surface area (Å²) in [4.78, 5) is 0. The summed E-state index contributed by atoms with van der Waals surface area (Å²) in [5, 5.41) is 0. The Morgan fingerprint density at radius 1 is 0.500 bits per heavy atom. The molecule has 5 radical (unpaired) electrons. The molecule has 0 unspecified atom stereocenters. The predicted molar refractivity (Wildman–Crippen MR) is 61.8 cm³/mol. The molecule has 0 nitrogen and oxygen atoms in total. The number of rotatable bonds is 0. The Labute approximate surface area is 176 Å². The van der Waals surface area contributed by atoms with Gasteiger partial charge in [0.25, 0.3) is 0 Å². The van der Waals surface area contributed by atoms with Crippen LogP contribution in [0.2, 0.25) is 0 Å². The van der Waals surface area contributed by atoms with E-state index in [1.807, 2.05) is 0 Å². The van der Waals surface area contributed by atoms with Crippen molar-refractivity contribution in [2.75, 3.05) is 0 Å². The molecule has 0 N–H and O–H groups in total. The predicted octanol–water partition coefficient (Wildman–Crippen LogP) is 3.16. The van der Waals surface area contributed by atoms with Gasteiger partial charge in [-0.3, -0.25) is 0 Å². The molecule has 0 aromatic carbocycles. The van der Waals surface area contributed by atoms with E-state index in [9.17, 15) is 0 Å². The van der Waals surface area contributed by atoms with Crippen molar-refractivity contribution in [2.24, 2.45) is 0 Å². The Bertz CT molecular complexity index is 7.51. The smallest absolute Gasteiger partial charge is 0 e. The molecule has 6 heteroatoms. The van der Waals surface area contributed by atoms with Gasteiger partial charge in [-0.2, -0.15) is 0 Å². The zero-order valence-electron chi connectivity index (χ0n) is 3.22. The maximum atomic E-state index is 0. The third-order valence-corrected chi connectivity index (χ3v) is 0. The second-order valence-electron chi connectivity index (χ2n) is 0. The molecule has 0 aromatic heterocycles. The molecule has 6 heavy (non-hydrogen) atoms. The van der Waals surface area contributed by atoms with Crippen molar-refractivity contribution in [3.63, 3.8) is 0 Å². The van der Waals surface area contributed by atoms with Gasteiger partial charge >= 0.3 is 0 Å². The van der Waals surface area contributed by atoms with E-state index in [4.69, 9.17) is 0 Å². The first kappa shape index (κ1) is 41.4. The minimum Gasteiger partial charge on any atom is 0 e. The van der Waals surface area contributed by atoms with Crippen LogP contribution in [0.1, 0.15) is 0 Å². The van der Waals surface area contributed by atoms with E-state index in [1.54, 1.807) is 0 Å². The molecule has 0 rings (SSSR count). The average Bonchev–Trinajstić information content (AvgIpc) is 0. The summed E-state index contributed by atoms with van der Waals surface area (Å²) >= 11 is 0. The molecule has 0 aliphatic carbocycles. The van der Waals surface area contributed by atoms with E-state index in [-0.39, 0.29) is 182 Å². The molecule has 0 spiro atoms. The first-order valence-corrected chi connectivity index (χ1v) is 0. The molecule has 0 atom stereocenters. The van der Waals surface area contributed by atoms with Crippen molar-refractivity contribution in [3.05, 3.63) is 0 Å². The van der Waals surface area contributed by atoms with E-state index in [2.05, 4.69) is 0 Å². The van der Waals surface area contributed by atoms with Crippen LogP contribution in [-0.4, -0.2) is 58.2 Å². The van der Waals surface area contributed by atoms with Gasteiger partial charge in [-0.1, -0.05) is 0 Å². The Balaban J connectivity index is 0. The van der Waals surface area contributed by atoms with Gasteiger partial charge in [-0.15, -0.1) is 0 Å². The van der Waals surface area contributed by atoms with Gasteiger partial charge in [0.15, 0.2) is 0 Å². The van der Waals surface area contributed by atoms with Gasteiger partial charge in [0, 0.05) is 182 Å². The summed E-state index contributed by atoms with van der Waals surface area (Å²) in [6, 6.07) is 0. The van der Waals surface area contributed by atoms with Crippen LogP contribution < -0.4 is 0 Å². The van der Waals surface area contributed by atoms with Crippen molar-refractivity contribution in [1.82, 2.24) is 0 Å². The SMILES string of the molecule is [Hg].[I].[I].[I].[I].[Rb]. The van der Waals surface area contributed by atoms with Crippen LogP contribution in [0.4, 0.5) is 0 Å². The molecule has 0 bridgehead atoms. The largest absolute Gasteiger partial charge is 0 e. The number of hydrogen-bond donors (Lipinski definition) is 0. The number of hydrogen-bond acceptors (Lipinski definition) is 0. The van der Waals surface area contributed by atoms with Crippen LogP contribution in [0.3, 0.4) is 0 Å². The van der Waals surface area contributed by atoms with E-state index in [1.165, 1.54) is 0 Å². The maximum absolute atomic E-state index is 0. The molecule has 0 fully saturated rings. The summed E-state index contributed by atoms with van der Waals surface area (Å²) in [6.07, 6.45) is 0. The molecule has 0 saturated carbocycles. The Morgan fingerprint density at radius 3 is 0.500 bits per heavy atom. The van der Waals surface area contributed by atoms with Crippen LogP contribution in [0.25, 0.3) is 0 Å². The van der Waals surface area contributed by atoms with E-state index < -0.39 is 0 Å². The van der Waals surface area contributed by atoms with Crippen molar-refractivity contribution in [2.45, 2.75) is 0 Å². The first-order chi connectivity index (χ1) is 0. The molecular formula is HgI4Rb. The van der Waals surface area contributed by atoms with Gasteiger partial charge in [-0.05, 0) is 0 Å². The average molecular weight is 794 g/mol. The van der Waals surface area contributed by atoms with Gasteiger partial charge in [0.2, 0.25) is 0 Å². The van der Waals surface area contributed by atoms with Crippen LogP contribution in [-0.2, 0) is 27.7 Å². The fourth-order valence-corrected chi connectivity index (χ4v) is 0. The van der Waals surface area contributed by atoms with Crippen LogP contribution in [0, 0.1) is 0 Å². The third-order valence-electron chi connectivity index (χ3n) is 0. The molecule has 0 aliphatic rings. The van der Waals surface area contributed by atoms with Crippen LogP contribution >= 0.6 is 95.9 Å². The Kier molecular flexibility index (Phi) is 214. The van der Waals surface area contributed by atoms with E-state index in [0.29, 0.717) is 0 Å². The van der Waals surface area contributed by atoms with Gasteiger partial charge in [0.05, 0.1) is 0 Å². The van der Waals surface area contributed by atoms with Gasteiger partial charge in [0.1, 0.15) is 0 Å². The van der Waals surface area contributed by atoms with Crippen molar-refractivity contribution in [3.8, 4) is 0 Å². The van der Waals surface area contributed by atoms with Crippen molar-refractivity contribution < 1.29 is 27.7 Å². The molecular weight excluding hydrogens is 794 g/mol. The fraction of sp³-hybridized carbons (Fsp3) is 0. The zero-order valence-corrected chi connectivity index (χ0v) is 22.3. The van der Waals surface area contributed by atoms with Crippen LogP contribution in [0.15, 0.2) is 0 Å². The van der Waals surface area contributed by atoms with E-state index >= 15 is 0 Å². The summed E-state index contributed by atoms with van der Waals surface area (Å²) in [6.45, 7) is 0. The van der Waals surface area contributed by atoms with Crippen molar-refractivity contribution in [1.29, 1.82) is 0 Å². The maximum Gasteiger partial charge on any atom is 0 e. The van der Waals surface area contributed by atoms with Gasteiger partial charge < -0.3 is 0 Å². The standard InChI is InChI=1S/Hg.4I.Rb. The number of halogens is 4. The summed E-state index contributed by atoms with van der Waals surface area (Å²) < 4.78 is 0. The summed E-state index contributed by atoms with van der Waals surface area (Å²) in [5.41, 5.74) is 0. The quantitative estimate of drug-likeness (QED) is 0.262. The fourth-order valence-electron chi connectivity index (χ4n) is 0. The Hall–Kier alpha value is 5.66. The normalized spacial score (nSPS) is 0. The zero-order chi connectivity index (χ0) is 0. The topological polar surface area (TPSA) is 0 Å². The first-order valence-electron chi connectivity index (χ1n) is 0. The molecule has 0 aliphatic heterocycles. The van der Waals surface area contributed by atoms with Gasteiger partial charge in [-0.25, -0.2) is 0 Å². The minimum absolute atomic E-state index is 0.